The van der Waals surface area contributed by atoms with Gasteiger partial charge in [-0.2, -0.15) is 11.8 Å². The van der Waals surface area contributed by atoms with Gasteiger partial charge >= 0.3 is 5.97 Å². The highest BCUT2D eigenvalue weighted by Gasteiger charge is 2.51. The molecule has 0 spiro atoms. The maximum Gasteiger partial charge on any atom is 0.327 e. The van der Waals surface area contributed by atoms with E-state index in [4.69, 9.17) is 4.74 Å². The average Bonchev–Trinajstić information content (AvgIpc) is 2.98. The zero-order valence-electron chi connectivity index (χ0n) is 10.0. The lowest BCUT2D eigenvalue weighted by atomic mass is 9.94. The third kappa shape index (κ3) is 2.88. The van der Waals surface area contributed by atoms with E-state index in [9.17, 15) is 4.79 Å². The minimum atomic E-state index is -0.456. The quantitative estimate of drug-likeness (QED) is 0.706. The first kappa shape index (κ1) is 12.8. The first-order valence-corrected chi connectivity index (χ1v) is 6.81. The summed E-state index contributed by atoms with van der Waals surface area (Å²) < 4.78 is 4.96. The van der Waals surface area contributed by atoms with E-state index in [0.717, 1.165) is 18.6 Å². The first-order valence-electron chi connectivity index (χ1n) is 5.42. The van der Waals surface area contributed by atoms with E-state index >= 15 is 0 Å². The molecule has 0 aliphatic heterocycles. The van der Waals surface area contributed by atoms with Crippen LogP contribution in [0.25, 0.3) is 0 Å². The van der Waals surface area contributed by atoms with E-state index in [1.807, 2.05) is 6.26 Å². The van der Waals surface area contributed by atoms with E-state index in [-0.39, 0.29) is 5.97 Å². The molecule has 1 saturated carbocycles. The number of methoxy groups -OCH3 is 1. The Labute approximate surface area is 96.3 Å². The highest BCUT2D eigenvalue weighted by atomic mass is 32.2. The molecule has 0 aromatic rings. The van der Waals surface area contributed by atoms with Crippen LogP contribution in [0.1, 0.15) is 26.7 Å². The average molecular weight is 231 g/mol. The molecule has 0 radical (unpaired) electrons. The van der Waals surface area contributed by atoms with Crippen molar-refractivity contribution in [3.8, 4) is 0 Å². The van der Waals surface area contributed by atoms with Crippen molar-refractivity contribution in [3.05, 3.63) is 0 Å². The van der Waals surface area contributed by atoms with Crippen molar-refractivity contribution in [2.75, 3.05) is 19.1 Å². The molecule has 1 rings (SSSR count). The number of hydrogen-bond acceptors (Lipinski definition) is 4. The largest absolute Gasteiger partial charge is 0.468 e. The van der Waals surface area contributed by atoms with Crippen molar-refractivity contribution in [1.82, 2.24) is 5.32 Å². The van der Waals surface area contributed by atoms with E-state index in [1.54, 1.807) is 11.8 Å². The zero-order chi connectivity index (χ0) is 11.5. The molecule has 88 valence electrons. The summed E-state index contributed by atoms with van der Waals surface area (Å²) in [6.07, 6.45) is 4.30. The van der Waals surface area contributed by atoms with Gasteiger partial charge in [-0.1, -0.05) is 0 Å². The van der Waals surface area contributed by atoms with Gasteiger partial charge in [-0.25, -0.2) is 0 Å². The van der Waals surface area contributed by atoms with Crippen LogP contribution in [0.5, 0.6) is 0 Å². The molecule has 3 nitrogen and oxygen atoms in total. The van der Waals surface area contributed by atoms with Crippen molar-refractivity contribution >= 4 is 17.7 Å². The number of carbonyl (C=O) groups is 1. The molecule has 0 bridgehead atoms. The summed E-state index contributed by atoms with van der Waals surface area (Å²) in [5.41, 5.74) is -0.456. The molecule has 0 amide bonds. The molecule has 0 aromatic heterocycles. The molecule has 1 unspecified atom stereocenters. The summed E-state index contributed by atoms with van der Waals surface area (Å²) in [5.74, 6) is 1.15. The minimum Gasteiger partial charge on any atom is -0.468 e. The Morgan fingerprint density at radius 3 is 2.53 bits per heavy atom. The highest BCUT2D eigenvalue weighted by Crippen LogP contribution is 2.42. The number of hydrogen-bond donors (Lipinski definition) is 1. The first-order chi connectivity index (χ1) is 7.06. The van der Waals surface area contributed by atoms with Gasteiger partial charge in [-0.05, 0) is 38.9 Å². The Bertz CT molecular complexity index is 229. The number of thioether (sulfide) groups is 1. The normalized spacial score (nSPS) is 20.1. The number of ether oxygens (including phenoxy) is 1. The van der Waals surface area contributed by atoms with Gasteiger partial charge < -0.3 is 4.74 Å². The van der Waals surface area contributed by atoms with Gasteiger partial charge in [0, 0.05) is 11.8 Å². The number of rotatable bonds is 6. The second-order valence-electron chi connectivity index (χ2n) is 4.47. The van der Waals surface area contributed by atoms with Gasteiger partial charge in [0.15, 0.2) is 0 Å². The number of nitrogens with one attached hydrogen (secondary N) is 1. The Morgan fingerprint density at radius 1 is 1.60 bits per heavy atom. The van der Waals surface area contributed by atoms with Crippen LogP contribution in [0.4, 0.5) is 0 Å². The summed E-state index contributed by atoms with van der Waals surface area (Å²) in [5, 5.41) is 3.41. The Balaban J connectivity index is 2.82. The standard InChI is InChI=1S/C11H21NO2S/c1-8(2)12-11(7-15-4,9-5-6-9)10(13)14-3/h8-9,12H,5-7H2,1-4H3. The number of esters is 1. The van der Waals surface area contributed by atoms with Gasteiger partial charge in [0.2, 0.25) is 0 Å². The van der Waals surface area contributed by atoms with Gasteiger partial charge in [0.1, 0.15) is 5.54 Å². The fourth-order valence-corrected chi connectivity index (χ4v) is 2.96. The second-order valence-corrected chi connectivity index (χ2v) is 5.34. The van der Waals surface area contributed by atoms with Gasteiger partial charge in [-0.15, -0.1) is 0 Å². The predicted octanol–water partition coefficient (Wildman–Crippen LogP) is 1.67. The van der Waals surface area contributed by atoms with Gasteiger partial charge in [-0.3, -0.25) is 10.1 Å². The number of carbonyl (C=O) groups excluding carboxylic acids is 1. The van der Waals surface area contributed by atoms with Crippen molar-refractivity contribution in [1.29, 1.82) is 0 Å². The topological polar surface area (TPSA) is 38.3 Å². The summed E-state index contributed by atoms with van der Waals surface area (Å²) in [7, 11) is 1.47. The Morgan fingerprint density at radius 2 is 2.20 bits per heavy atom. The molecule has 1 aliphatic rings. The predicted molar refractivity (Wildman–Crippen MR) is 64.1 cm³/mol. The van der Waals surface area contributed by atoms with Crippen LogP contribution in [0.2, 0.25) is 0 Å². The SMILES string of the molecule is COC(=O)C(CSC)(NC(C)C)C1CC1. The zero-order valence-corrected chi connectivity index (χ0v) is 10.8. The fourth-order valence-electron chi connectivity index (χ4n) is 2.06. The van der Waals surface area contributed by atoms with E-state index in [0.29, 0.717) is 12.0 Å². The van der Waals surface area contributed by atoms with Crippen LogP contribution in [0.3, 0.4) is 0 Å². The molecule has 1 aliphatic carbocycles. The lowest BCUT2D eigenvalue weighted by molar-refractivity contribution is -0.148. The highest BCUT2D eigenvalue weighted by molar-refractivity contribution is 7.98. The van der Waals surface area contributed by atoms with Crippen molar-refractivity contribution in [2.45, 2.75) is 38.3 Å². The van der Waals surface area contributed by atoms with E-state index < -0.39 is 5.54 Å². The van der Waals surface area contributed by atoms with Crippen LogP contribution in [-0.4, -0.2) is 36.7 Å². The third-order valence-electron chi connectivity index (χ3n) is 2.74. The third-order valence-corrected chi connectivity index (χ3v) is 3.49. The van der Waals surface area contributed by atoms with Crippen molar-refractivity contribution in [3.63, 3.8) is 0 Å². The molecular weight excluding hydrogens is 210 g/mol. The van der Waals surface area contributed by atoms with Crippen molar-refractivity contribution in [2.24, 2.45) is 5.92 Å². The summed E-state index contributed by atoms with van der Waals surface area (Å²) >= 11 is 1.70. The molecule has 1 fully saturated rings. The molecule has 0 aromatic carbocycles. The minimum absolute atomic E-state index is 0.104. The monoisotopic (exact) mass is 231 g/mol. The van der Waals surface area contributed by atoms with Crippen LogP contribution in [-0.2, 0) is 9.53 Å². The molecular formula is C11H21NO2S. The molecule has 4 heteroatoms. The summed E-state index contributed by atoms with van der Waals surface area (Å²) in [6.45, 7) is 4.14. The lowest BCUT2D eigenvalue weighted by Gasteiger charge is -2.33. The van der Waals surface area contributed by atoms with E-state index in [1.165, 1.54) is 7.11 Å². The molecule has 0 heterocycles. The Hall–Kier alpha value is -0.220. The molecule has 1 atom stereocenters. The maximum absolute atomic E-state index is 11.9. The van der Waals surface area contributed by atoms with Gasteiger partial charge in [0.25, 0.3) is 0 Å². The molecule has 0 saturated heterocycles. The van der Waals surface area contributed by atoms with Crippen LogP contribution >= 0.6 is 11.8 Å². The van der Waals surface area contributed by atoms with Crippen molar-refractivity contribution < 1.29 is 9.53 Å². The summed E-state index contributed by atoms with van der Waals surface area (Å²) in [6, 6.07) is 0.303. The lowest BCUT2D eigenvalue weighted by Crippen LogP contribution is -2.59. The van der Waals surface area contributed by atoms with E-state index in [2.05, 4.69) is 19.2 Å². The second kappa shape index (κ2) is 5.21. The summed E-state index contributed by atoms with van der Waals surface area (Å²) in [4.78, 5) is 11.9. The van der Waals surface area contributed by atoms with Crippen LogP contribution < -0.4 is 5.32 Å². The maximum atomic E-state index is 11.9. The Kier molecular flexibility index (Phi) is 4.46. The fraction of sp³-hybridized carbons (Fsp3) is 0.909. The van der Waals surface area contributed by atoms with Crippen LogP contribution in [0, 0.1) is 5.92 Å². The molecule has 15 heavy (non-hydrogen) atoms. The van der Waals surface area contributed by atoms with Gasteiger partial charge in [0.05, 0.1) is 7.11 Å². The van der Waals surface area contributed by atoms with Crippen LogP contribution in [0.15, 0.2) is 0 Å². The smallest absolute Gasteiger partial charge is 0.327 e. The molecule has 1 N–H and O–H groups in total.